The highest BCUT2D eigenvalue weighted by atomic mass is 16.4. The molecule has 3 rings (SSSR count). The summed E-state index contributed by atoms with van der Waals surface area (Å²) in [5, 5.41) is 17.1. The highest BCUT2D eigenvalue weighted by Crippen LogP contribution is 2.33. The van der Waals surface area contributed by atoms with Gasteiger partial charge in [0.2, 0.25) is 12.3 Å². The molecule has 18 heavy (non-hydrogen) atoms. The molecule has 2 aromatic rings. The highest BCUT2D eigenvalue weighted by molar-refractivity contribution is 5.53. The van der Waals surface area contributed by atoms with Crippen LogP contribution >= 0.6 is 0 Å². The van der Waals surface area contributed by atoms with Gasteiger partial charge in [-0.1, -0.05) is 12.1 Å². The molecule has 0 atom stereocenters. The van der Waals surface area contributed by atoms with Gasteiger partial charge in [-0.3, -0.25) is 0 Å². The molecule has 1 heterocycles. The van der Waals surface area contributed by atoms with Gasteiger partial charge in [0.15, 0.2) is 0 Å². The molecule has 0 bridgehead atoms. The van der Waals surface area contributed by atoms with E-state index in [0.29, 0.717) is 11.8 Å². The van der Waals surface area contributed by atoms with E-state index < -0.39 is 0 Å². The maximum atomic E-state index is 9.52. The Hall–Kier alpha value is -1.68. The third kappa shape index (κ3) is 2.29. The second-order valence-electron chi connectivity index (χ2n) is 4.87. The Morgan fingerprint density at radius 3 is 2.39 bits per heavy atom. The molecule has 1 N–H and O–H groups in total. The van der Waals surface area contributed by atoms with Crippen molar-refractivity contribution in [2.24, 2.45) is 0 Å². The van der Waals surface area contributed by atoms with Crippen LogP contribution in [0.4, 0.5) is 0 Å². The lowest BCUT2D eigenvalue weighted by Crippen LogP contribution is -2.16. The first-order valence-corrected chi connectivity index (χ1v) is 6.37. The number of nitrogens with zero attached hydrogens (tertiary/aromatic N) is 2. The molecule has 1 saturated carbocycles. The smallest absolute Gasteiger partial charge is 0.247 e. The van der Waals surface area contributed by atoms with Gasteiger partial charge in [-0.15, -0.1) is 10.2 Å². The molecule has 4 nitrogen and oxygen atoms in total. The maximum Gasteiger partial charge on any atom is 0.247 e. The fourth-order valence-electron chi connectivity index (χ4n) is 2.61. The number of aromatic nitrogens is 2. The first-order valence-electron chi connectivity index (χ1n) is 6.37. The standard InChI is InChI=1S/C14H16N2O2/c17-13-7-5-11(6-8-13)10-1-3-12(4-2-10)14-16-15-9-18-14/h1-4,9,11,13,17H,5-8H2/t11-,13+. The monoisotopic (exact) mass is 244 g/mol. The van der Waals surface area contributed by atoms with E-state index in [4.69, 9.17) is 4.42 Å². The first-order chi connectivity index (χ1) is 8.83. The lowest BCUT2D eigenvalue weighted by Gasteiger charge is -2.25. The van der Waals surface area contributed by atoms with E-state index >= 15 is 0 Å². The lowest BCUT2D eigenvalue weighted by molar-refractivity contribution is 0.122. The van der Waals surface area contributed by atoms with Crippen molar-refractivity contribution in [1.29, 1.82) is 0 Å². The molecule has 0 amide bonds. The van der Waals surface area contributed by atoms with Crippen LogP contribution in [0.5, 0.6) is 0 Å². The predicted octanol–water partition coefficient (Wildman–Crippen LogP) is 2.76. The molecule has 1 aromatic carbocycles. The van der Waals surface area contributed by atoms with Gasteiger partial charge in [0.25, 0.3) is 0 Å². The van der Waals surface area contributed by atoms with Crippen molar-refractivity contribution in [3.05, 3.63) is 36.2 Å². The summed E-state index contributed by atoms with van der Waals surface area (Å²) in [7, 11) is 0. The summed E-state index contributed by atoms with van der Waals surface area (Å²) in [6.07, 6.45) is 5.21. The summed E-state index contributed by atoms with van der Waals surface area (Å²) in [6.45, 7) is 0. The van der Waals surface area contributed by atoms with Crippen molar-refractivity contribution < 1.29 is 9.52 Å². The Bertz CT molecular complexity index is 485. The Labute approximate surface area is 106 Å². The van der Waals surface area contributed by atoms with Gasteiger partial charge in [0, 0.05) is 5.56 Å². The molecule has 4 heteroatoms. The Morgan fingerprint density at radius 1 is 1.06 bits per heavy atom. The number of benzene rings is 1. The van der Waals surface area contributed by atoms with Crippen molar-refractivity contribution in [3.8, 4) is 11.5 Å². The van der Waals surface area contributed by atoms with Crippen LogP contribution in [0.1, 0.15) is 37.2 Å². The Kier molecular flexibility index (Phi) is 3.11. The molecule has 1 aliphatic carbocycles. The zero-order valence-corrected chi connectivity index (χ0v) is 10.1. The van der Waals surface area contributed by atoms with Crippen LogP contribution < -0.4 is 0 Å². The summed E-state index contributed by atoms with van der Waals surface area (Å²) in [6, 6.07) is 8.30. The number of hydrogen-bond donors (Lipinski definition) is 1. The fourth-order valence-corrected chi connectivity index (χ4v) is 2.61. The second-order valence-corrected chi connectivity index (χ2v) is 4.87. The summed E-state index contributed by atoms with van der Waals surface area (Å²) in [5.74, 6) is 1.13. The van der Waals surface area contributed by atoms with Crippen molar-refractivity contribution in [2.45, 2.75) is 37.7 Å². The molecule has 94 valence electrons. The van der Waals surface area contributed by atoms with Crippen LogP contribution in [0.25, 0.3) is 11.5 Å². The molecule has 1 fully saturated rings. The molecule has 0 aliphatic heterocycles. The third-order valence-electron chi connectivity index (χ3n) is 3.69. The molecular formula is C14H16N2O2. The van der Waals surface area contributed by atoms with E-state index in [1.165, 1.54) is 12.0 Å². The zero-order chi connectivity index (χ0) is 12.4. The van der Waals surface area contributed by atoms with E-state index in [9.17, 15) is 5.11 Å². The lowest BCUT2D eigenvalue weighted by atomic mass is 9.82. The van der Waals surface area contributed by atoms with Crippen LogP contribution in [-0.2, 0) is 0 Å². The molecular weight excluding hydrogens is 228 g/mol. The second kappa shape index (κ2) is 4.90. The molecule has 1 aromatic heterocycles. The molecule has 0 radical (unpaired) electrons. The van der Waals surface area contributed by atoms with Crippen LogP contribution in [0, 0.1) is 0 Å². The SMILES string of the molecule is O[C@H]1CC[C@@H](c2ccc(-c3nnco3)cc2)CC1. The van der Waals surface area contributed by atoms with E-state index in [0.717, 1.165) is 31.2 Å². The van der Waals surface area contributed by atoms with Gasteiger partial charge in [0.1, 0.15) is 0 Å². The Morgan fingerprint density at radius 2 is 1.78 bits per heavy atom. The van der Waals surface area contributed by atoms with Crippen molar-refractivity contribution in [3.63, 3.8) is 0 Å². The van der Waals surface area contributed by atoms with Gasteiger partial charge in [-0.2, -0.15) is 0 Å². The largest absolute Gasteiger partial charge is 0.423 e. The summed E-state index contributed by atoms with van der Waals surface area (Å²) < 4.78 is 5.16. The minimum absolute atomic E-state index is 0.0982. The van der Waals surface area contributed by atoms with Crippen molar-refractivity contribution in [2.75, 3.05) is 0 Å². The first kappa shape index (κ1) is 11.4. The van der Waals surface area contributed by atoms with E-state index in [2.05, 4.69) is 22.3 Å². The number of hydrogen-bond acceptors (Lipinski definition) is 4. The third-order valence-corrected chi connectivity index (χ3v) is 3.69. The summed E-state index contributed by atoms with van der Waals surface area (Å²) >= 11 is 0. The quantitative estimate of drug-likeness (QED) is 0.882. The minimum Gasteiger partial charge on any atom is -0.423 e. The number of aliphatic hydroxyl groups is 1. The number of aliphatic hydroxyl groups excluding tert-OH is 1. The van der Waals surface area contributed by atoms with Gasteiger partial charge in [-0.25, -0.2) is 0 Å². The average Bonchev–Trinajstić information content (AvgIpc) is 2.94. The predicted molar refractivity (Wildman–Crippen MR) is 66.9 cm³/mol. The molecule has 0 spiro atoms. The van der Waals surface area contributed by atoms with E-state index in [1.54, 1.807) is 0 Å². The topological polar surface area (TPSA) is 59.2 Å². The zero-order valence-electron chi connectivity index (χ0n) is 10.1. The van der Waals surface area contributed by atoms with Gasteiger partial charge in [-0.05, 0) is 49.3 Å². The fraction of sp³-hybridized carbons (Fsp3) is 0.429. The molecule has 0 saturated heterocycles. The molecule has 1 aliphatic rings. The maximum absolute atomic E-state index is 9.52. The van der Waals surface area contributed by atoms with E-state index in [1.807, 2.05) is 12.1 Å². The summed E-state index contributed by atoms with van der Waals surface area (Å²) in [4.78, 5) is 0. The minimum atomic E-state index is -0.0982. The molecule has 0 unspecified atom stereocenters. The van der Waals surface area contributed by atoms with Gasteiger partial charge in [0.05, 0.1) is 6.10 Å². The van der Waals surface area contributed by atoms with Crippen LogP contribution in [0.3, 0.4) is 0 Å². The number of rotatable bonds is 2. The van der Waals surface area contributed by atoms with Crippen LogP contribution in [-0.4, -0.2) is 21.4 Å². The highest BCUT2D eigenvalue weighted by Gasteiger charge is 2.20. The Balaban J connectivity index is 1.75. The van der Waals surface area contributed by atoms with Crippen LogP contribution in [0.15, 0.2) is 35.1 Å². The van der Waals surface area contributed by atoms with Gasteiger partial charge < -0.3 is 9.52 Å². The van der Waals surface area contributed by atoms with Crippen LogP contribution in [0.2, 0.25) is 0 Å². The summed E-state index contributed by atoms with van der Waals surface area (Å²) in [5.41, 5.74) is 2.29. The average molecular weight is 244 g/mol. The van der Waals surface area contributed by atoms with Gasteiger partial charge >= 0.3 is 0 Å². The van der Waals surface area contributed by atoms with Crippen molar-refractivity contribution in [1.82, 2.24) is 10.2 Å². The van der Waals surface area contributed by atoms with Crippen molar-refractivity contribution >= 4 is 0 Å². The van der Waals surface area contributed by atoms with E-state index in [-0.39, 0.29) is 6.10 Å². The normalized spacial score (nSPS) is 24.1.